The first-order valence-corrected chi connectivity index (χ1v) is 7.05. The van der Waals surface area contributed by atoms with Crippen LogP contribution in [0, 0.1) is 40.9 Å². The molecule has 15 heavy (non-hydrogen) atoms. The van der Waals surface area contributed by atoms with Crippen LogP contribution in [0.15, 0.2) is 12.2 Å². The second kappa shape index (κ2) is 2.21. The highest BCUT2D eigenvalue weighted by molar-refractivity contribution is 5.25. The Morgan fingerprint density at radius 1 is 1.20 bits per heavy atom. The van der Waals surface area contributed by atoms with Crippen LogP contribution in [0.1, 0.15) is 38.5 Å². The molecule has 1 spiro atoms. The molecule has 0 aromatic rings. The maximum atomic E-state index is 2.61. The van der Waals surface area contributed by atoms with Crippen molar-refractivity contribution in [3.8, 4) is 0 Å². The van der Waals surface area contributed by atoms with Crippen molar-refractivity contribution in [1.29, 1.82) is 0 Å². The predicted molar refractivity (Wildman–Crippen MR) is 60.2 cm³/mol. The zero-order valence-electron chi connectivity index (χ0n) is 9.36. The van der Waals surface area contributed by atoms with Crippen LogP contribution < -0.4 is 0 Å². The van der Waals surface area contributed by atoms with Crippen molar-refractivity contribution in [1.82, 2.24) is 0 Å². The fraction of sp³-hybridized carbons (Fsp3) is 0.867. The minimum atomic E-state index is 0.892. The van der Waals surface area contributed by atoms with Crippen LogP contribution in [0.2, 0.25) is 0 Å². The predicted octanol–water partition coefficient (Wildman–Crippen LogP) is 3.63. The average Bonchev–Trinajstić information content (AvgIpc) is 2.86. The first-order valence-electron chi connectivity index (χ1n) is 7.05. The van der Waals surface area contributed by atoms with Crippen LogP contribution in [0.5, 0.6) is 0 Å². The fourth-order valence-electron chi connectivity index (χ4n) is 6.81. The first kappa shape index (κ1) is 7.92. The van der Waals surface area contributed by atoms with Gasteiger partial charge in [-0.15, -0.1) is 0 Å². The summed E-state index contributed by atoms with van der Waals surface area (Å²) in [5.74, 6) is 6.80. The molecule has 7 bridgehead atoms. The Balaban J connectivity index is 1.67. The van der Waals surface area contributed by atoms with Crippen molar-refractivity contribution in [2.45, 2.75) is 38.5 Å². The molecule has 6 saturated carbocycles. The molecule has 0 saturated heterocycles. The summed E-state index contributed by atoms with van der Waals surface area (Å²) < 4.78 is 0. The van der Waals surface area contributed by atoms with Gasteiger partial charge < -0.3 is 0 Å². The van der Waals surface area contributed by atoms with E-state index in [4.69, 9.17) is 0 Å². The lowest BCUT2D eigenvalue weighted by molar-refractivity contribution is -0.106. The third-order valence-electron chi connectivity index (χ3n) is 6.96. The van der Waals surface area contributed by atoms with Crippen LogP contribution in [-0.4, -0.2) is 0 Å². The zero-order valence-corrected chi connectivity index (χ0v) is 9.36. The van der Waals surface area contributed by atoms with Gasteiger partial charge in [-0.1, -0.05) is 12.2 Å². The summed E-state index contributed by atoms with van der Waals surface area (Å²) in [7, 11) is 0. The summed E-state index contributed by atoms with van der Waals surface area (Å²) in [6.07, 6.45) is 14.6. The van der Waals surface area contributed by atoms with E-state index in [1.165, 1.54) is 24.2 Å². The first-order chi connectivity index (χ1) is 7.38. The van der Waals surface area contributed by atoms with Crippen LogP contribution in [-0.2, 0) is 0 Å². The molecule has 0 aromatic heterocycles. The number of allylic oxidation sites excluding steroid dienone is 2. The van der Waals surface area contributed by atoms with Crippen LogP contribution in [0.3, 0.4) is 0 Å². The second-order valence-corrected chi connectivity index (χ2v) is 7.11. The summed E-state index contributed by atoms with van der Waals surface area (Å²) in [5.41, 5.74) is 0.892. The van der Waals surface area contributed by atoms with E-state index in [2.05, 4.69) is 12.2 Å². The maximum absolute atomic E-state index is 2.61. The molecule has 7 atom stereocenters. The molecular weight excluding hydrogens is 180 g/mol. The van der Waals surface area contributed by atoms with Crippen LogP contribution in [0.25, 0.3) is 0 Å². The van der Waals surface area contributed by atoms with Crippen molar-refractivity contribution in [2.24, 2.45) is 40.9 Å². The van der Waals surface area contributed by atoms with Gasteiger partial charge in [0.15, 0.2) is 0 Å². The highest BCUT2D eigenvalue weighted by atomic mass is 14.8. The van der Waals surface area contributed by atoms with Gasteiger partial charge in [-0.2, -0.15) is 0 Å². The van der Waals surface area contributed by atoms with Crippen LogP contribution >= 0.6 is 0 Å². The van der Waals surface area contributed by atoms with Crippen molar-refractivity contribution < 1.29 is 0 Å². The van der Waals surface area contributed by atoms with E-state index in [0.29, 0.717) is 0 Å². The summed E-state index contributed by atoms with van der Waals surface area (Å²) in [5, 5.41) is 0. The highest BCUT2D eigenvalue weighted by Gasteiger charge is 2.74. The molecule has 0 heteroatoms. The third kappa shape index (κ3) is 0.681. The summed E-state index contributed by atoms with van der Waals surface area (Å²) in [4.78, 5) is 0. The second-order valence-electron chi connectivity index (χ2n) is 7.11. The van der Waals surface area contributed by atoms with E-state index in [0.717, 1.165) is 23.2 Å². The Morgan fingerprint density at radius 3 is 3.00 bits per heavy atom. The van der Waals surface area contributed by atoms with E-state index in [1.54, 1.807) is 32.1 Å². The lowest BCUT2D eigenvalue weighted by Crippen LogP contribution is -2.54. The molecule has 0 radical (unpaired) electrons. The Hall–Kier alpha value is -0.260. The van der Waals surface area contributed by atoms with Gasteiger partial charge >= 0.3 is 0 Å². The van der Waals surface area contributed by atoms with Gasteiger partial charge in [0.05, 0.1) is 0 Å². The number of hydrogen-bond donors (Lipinski definition) is 0. The largest absolute Gasteiger partial charge is 0.0880 e. The smallest absolute Gasteiger partial charge is 0.0194 e. The molecule has 7 unspecified atom stereocenters. The average molecular weight is 200 g/mol. The molecule has 7 aliphatic carbocycles. The molecule has 0 aliphatic heterocycles. The van der Waals surface area contributed by atoms with Gasteiger partial charge in [0.25, 0.3) is 0 Å². The Morgan fingerprint density at radius 2 is 2.20 bits per heavy atom. The summed E-state index contributed by atoms with van der Waals surface area (Å²) in [6, 6.07) is 0. The van der Waals surface area contributed by atoms with Crippen molar-refractivity contribution in [2.75, 3.05) is 0 Å². The highest BCUT2D eigenvalue weighted by Crippen LogP contribution is 2.81. The normalized spacial score (nSPS) is 67.7. The van der Waals surface area contributed by atoms with E-state index in [1.807, 2.05) is 0 Å². The quantitative estimate of drug-likeness (QED) is 0.524. The Bertz CT molecular complexity index is 355. The van der Waals surface area contributed by atoms with Gasteiger partial charge in [-0.05, 0) is 79.4 Å². The molecule has 0 aromatic carbocycles. The molecule has 7 aliphatic rings. The summed E-state index contributed by atoms with van der Waals surface area (Å²) in [6.45, 7) is 0. The molecule has 0 nitrogen and oxygen atoms in total. The fourth-order valence-corrected chi connectivity index (χ4v) is 6.81. The molecule has 0 amide bonds. The number of rotatable bonds is 0. The minimum absolute atomic E-state index is 0.892. The van der Waals surface area contributed by atoms with Crippen molar-refractivity contribution in [3.63, 3.8) is 0 Å². The van der Waals surface area contributed by atoms with E-state index in [-0.39, 0.29) is 0 Å². The van der Waals surface area contributed by atoms with Gasteiger partial charge in [0.1, 0.15) is 0 Å². The number of hydrogen-bond acceptors (Lipinski definition) is 0. The third-order valence-corrected chi connectivity index (χ3v) is 6.96. The lowest BCUT2D eigenvalue weighted by atomic mass is 9.45. The Kier molecular flexibility index (Phi) is 1.17. The standard InChI is InChI=1S/C15H20/c1-2-9-6-10(3-1)14-13-11-4-5-15(14,8-11)12(13)7-9/h1,3,9-14H,2,4-8H2. The van der Waals surface area contributed by atoms with Gasteiger partial charge in [0.2, 0.25) is 0 Å². The molecule has 0 N–H and O–H groups in total. The SMILES string of the molecule is C1=CC2CC(C1)CC1C3C4CCC1(C4)C23. The van der Waals surface area contributed by atoms with Crippen LogP contribution in [0.4, 0.5) is 0 Å². The van der Waals surface area contributed by atoms with Gasteiger partial charge in [-0.3, -0.25) is 0 Å². The molecule has 0 heterocycles. The topological polar surface area (TPSA) is 0 Å². The molecule has 80 valence electrons. The molecule has 6 fully saturated rings. The van der Waals surface area contributed by atoms with E-state index in [9.17, 15) is 0 Å². The van der Waals surface area contributed by atoms with Crippen molar-refractivity contribution >= 4 is 0 Å². The Labute approximate surface area is 92.1 Å². The minimum Gasteiger partial charge on any atom is -0.0880 e. The molecule has 7 rings (SSSR count). The van der Waals surface area contributed by atoms with Gasteiger partial charge in [0, 0.05) is 0 Å². The lowest BCUT2D eigenvalue weighted by Gasteiger charge is -2.59. The monoisotopic (exact) mass is 200 g/mol. The van der Waals surface area contributed by atoms with E-state index >= 15 is 0 Å². The van der Waals surface area contributed by atoms with Gasteiger partial charge in [-0.25, -0.2) is 0 Å². The maximum Gasteiger partial charge on any atom is -0.0194 e. The van der Waals surface area contributed by atoms with Crippen molar-refractivity contribution in [3.05, 3.63) is 12.2 Å². The summed E-state index contributed by atoms with van der Waals surface area (Å²) >= 11 is 0. The van der Waals surface area contributed by atoms with E-state index < -0.39 is 0 Å². The molecular formula is C15H20. The zero-order chi connectivity index (χ0) is 9.62.